The third-order valence-electron chi connectivity index (χ3n) is 3.98. The van der Waals surface area contributed by atoms with Crippen LogP contribution in [0.1, 0.15) is 36.9 Å². The monoisotopic (exact) mass is 237 g/mol. The molecule has 2 fully saturated rings. The van der Waals surface area contributed by atoms with E-state index in [1.54, 1.807) is 0 Å². The van der Waals surface area contributed by atoms with Crippen molar-refractivity contribution in [2.24, 2.45) is 0 Å². The van der Waals surface area contributed by atoms with Crippen molar-refractivity contribution in [1.82, 2.24) is 14.9 Å². The normalized spacial score (nSPS) is 30.6. The summed E-state index contributed by atoms with van der Waals surface area (Å²) in [4.78, 5) is 4.35. The molecule has 1 saturated carbocycles. The minimum absolute atomic E-state index is 0.704. The number of imidazole rings is 1. The molecule has 1 saturated heterocycles. The molecule has 2 heterocycles. The van der Waals surface area contributed by atoms with E-state index in [0.717, 1.165) is 18.3 Å². The van der Waals surface area contributed by atoms with Crippen molar-refractivity contribution in [3.63, 3.8) is 0 Å². The molecule has 0 amide bonds. The lowest BCUT2D eigenvalue weighted by molar-refractivity contribution is 0.402. The van der Waals surface area contributed by atoms with Gasteiger partial charge in [0.25, 0.3) is 0 Å². The molecule has 3 nitrogen and oxygen atoms in total. The summed E-state index contributed by atoms with van der Waals surface area (Å²) in [6, 6.07) is 0.704. The third kappa shape index (κ3) is 1.78. The van der Waals surface area contributed by atoms with Crippen LogP contribution in [0.5, 0.6) is 0 Å². The van der Waals surface area contributed by atoms with Crippen molar-refractivity contribution in [1.29, 1.82) is 0 Å². The molecule has 0 bridgehead atoms. The van der Waals surface area contributed by atoms with E-state index in [2.05, 4.69) is 27.3 Å². The van der Waals surface area contributed by atoms with Crippen LogP contribution in [0.25, 0.3) is 0 Å². The average Bonchev–Trinajstić information content (AvgIpc) is 2.81. The Morgan fingerprint density at radius 2 is 2.31 bits per heavy atom. The lowest BCUT2D eigenvalue weighted by atomic mass is 9.99. The zero-order chi connectivity index (χ0) is 11.0. The van der Waals surface area contributed by atoms with E-state index < -0.39 is 0 Å². The molecule has 2 atom stereocenters. The minimum atomic E-state index is 0.704. The van der Waals surface area contributed by atoms with Crippen LogP contribution in [-0.2, 0) is 0 Å². The van der Waals surface area contributed by atoms with Gasteiger partial charge in [-0.1, -0.05) is 0 Å². The molecule has 0 aromatic carbocycles. The molecule has 2 unspecified atom stereocenters. The number of nitrogens with zero attached hydrogens (tertiary/aromatic N) is 2. The van der Waals surface area contributed by atoms with E-state index >= 15 is 0 Å². The predicted octanol–water partition coefficient (Wildman–Crippen LogP) is 2.03. The van der Waals surface area contributed by atoms with Crippen LogP contribution in [-0.4, -0.2) is 34.1 Å². The molecule has 1 aromatic heterocycles. The molecule has 4 heteroatoms. The van der Waals surface area contributed by atoms with E-state index in [0.29, 0.717) is 12.0 Å². The molecule has 2 aliphatic rings. The van der Waals surface area contributed by atoms with E-state index in [1.165, 1.54) is 25.0 Å². The standard InChI is InChI=1S/C12H19N3S/c1-16-11-3-2-10(4-11)15-8-14-7-12(15)9-5-13-6-9/h7-11,13H,2-6H2,1H3. The fourth-order valence-corrected chi connectivity index (χ4v) is 3.60. The summed E-state index contributed by atoms with van der Waals surface area (Å²) >= 11 is 2.02. The molecule has 1 aliphatic carbocycles. The number of nitrogens with one attached hydrogen (secondary N) is 1. The lowest BCUT2D eigenvalue weighted by Gasteiger charge is -2.29. The quantitative estimate of drug-likeness (QED) is 0.872. The lowest BCUT2D eigenvalue weighted by Crippen LogP contribution is -2.41. The summed E-state index contributed by atoms with van der Waals surface area (Å²) < 4.78 is 2.45. The van der Waals surface area contributed by atoms with E-state index in [9.17, 15) is 0 Å². The number of hydrogen-bond acceptors (Lipinski definition) is 3. The Labute approximate surface area is 101 Å². The second-order valence-electron chi connectivity index (χ2n) is 4.91. The molecule has 3 rings (SSSR count). The van der Waals surface area contributed by atoms with Gasteiger partial charge in [0.15, 0.2) is 0 Å². The van der Waals surface area contributed by atoms with Gasteiger partial charge in [-0.2, -0.15) is 11.8 Å². The first-order valence-electron chi connectivity index (χ1n) is 6.13. The van der Waals surface area contributed by atoms with Crippen LogP contribution in [0.15, 0.2) is 12.5 Å². The highest BCUT2D eigenvalue weighted by atomic mass is 32.2. The Bertz CT molecular complexity index is 359. The average molecular weight is 237 g/mol. The summed E-state index contributed by atoms with van der Waals surface area (Å²) in [5, 5.41) is 4.20. The summed E-state index contributed by atoms with van der Waals surface area (Å²) in [7, 11) is 0. The molecular formula is C12H19N3S. The molecule has 88 valence electrons. The van der Waals surface area contributed by atoms with Crippen LogP contribution in [0, 0.1) is 0 Å². The molecular weight excluding hydrogens is 218 g/mol. The molecule has 1 N–H and O–H groups in total. The summed E-state index contributed by atoms with van der Waals surface area (Å²) in [6.07, 6.45) is 10.4. The van der Waals surface area contributed by atoms with Crippen molar-refractivity contribution in [2.75, 3.05) is 19.3 Å². The van der Waals surface area contributed by atoms with Gasteiger partial charge in [-0.25, -0.2) is 4.98 Å². The van der Waals surface area contributed by atoms with Crippen molar-refractivity contribution < 1.29 is 0 Å². The summed E-state index contributed by atoms with van der Waals surface area (Å²) in [5.74, 6) is 0.704. The van der Waals surface area contributed by atoms with Gasteiger partial charge in [0.2, 0.25) is 0 Å². The van der Waals surface area contributed by atoms with Gasteiger partial charge < -0.3 is 9.88 Å². The van der Waals surface area contributed by atoms with Crippen LogP contribution < -0.4 is 5.32 Å². The first kappa shape index (κ1) is 10.7. The maximum Gasteiger partial charge on any atom is 0.0950 e. The molecule has 16 heavy (non-hydrogen) atoms. The zero-order valence-corrected chi connectivity index (χ0v) is 10.5. The van der Waals surface area contributed by atoms with Gasteiger partial charge >= 0.3 is 0 Å². The Morgan fingerprint density at radius 3 is 2.94 bits per heavy atom. The summed E-state index contributed by atoms with van der Waals surface area (Å²) in [5.41, 5.74) is 1.45. The Kier molecular flexibility index (Phi) is 2.94. The first-order valence-corrected chi connectivity index (χ1v) is 7.42. The van der Waals surface area contributed by atoms with Crippen LogP contribution in [0.4, 0.5) is 0 Å². The SMILES string of the molecule is CSC1CCC(n2cncc2C2CNC2)C1. The largest absolute Gasteiger partial charge is 0.331 e. The fourth-order valence-electron chi connectivity index (χ4n) is 2.82. The Hall–Kier alpha value is -0.480. The highest BCUT2D eigenvalue weighted by Gasteiger charge is 2.29. The van der Waals surface area contributed by atoms with Crippen molar-refractivity contribution in [3.05, 3.63) is 18.2 Å². The van der Waals surface area contributed by atoms with E-state index in [1.807, 2.05) is 18.1 Å². The van der Waals surface area contributed by atoms with Crippen LogP contribution in [0.2, 0.25) is 0 Å². The highest BCUT2D eigenvalue weighted by molar-refractivity contribution is 7.99. The van der Waals surface area contributed by atoms with Gasteiger partial charge in [0.1, 0.15) is 0 Å². The maximum absolute atomic E-state index is 4.35. The predicted molar refractivity (Wildman–Crippen MR) is 68.0 cm³/mol. The van der Waals surface area contributed by atoms with Crippen molar-refractivity contribution in [3.8, 4) is 0 Å². The van der Waals surface area contributed by atoms with Crippen molar-refractivity contribution >= 4 is 11.8 Å². The number of aromatic nitrogens is 2. The molecule has 0 spiro atoms. The van der Waals surface area contributed by atoms with E-state index in [4.69, 9.17) is 0 Å². The van der Waals surface area contributed by atoms with Gasteiger partial charge in [-0.05, 0) is 25.5 Å². The number of hydrogen-bond donors (Lipinski definition) is 1. The topological polar surface area (TPSA) is 29.9 Å². The van der Waals surface area contributed by atoms with Crippen molar-refractivity contribution in [2.45, 2.75) is 36.5 Å². The van der Waals surface area contributed by atoms with Gasteiger partial charge in [-0.3, -0.25) is 0 Å². The number of thioether (sulfide) groups is 1. The third-order valence-corrected chi connectivity index (χ3v) is 5.07. The van der Waals surface area contributed by atoms with Gasteiger partial charge in [0.05, 0.1) is 6.33 Å². The fraction of sp³-hybridized carbons (Fsp3) is 0.750. The zero-order valence-electron chi connectivity index (χ0n) is 9.72. The van der Waals surface area contributed by atoms with Gasteiger partial charge in [0, 0.05) is 42.2 Å². The minimum Gasteiger partial charge on any atom is -0.331 e. The van der Waals surface area contributed by atoms with Crippen LogP contribution >= 0.6 is 11.8 Å². The molecule has 1 aromatic rings. The maximum atomic E-state index is 4.35. The first-order chi connectivity index (χ1) is 7.88. The summed E-state index contributed by atoms with van der Waals surface area (Å²) in [6.45, 7) is 2.26. The molecule has 1 aliphatic heterocycles. The second kappa shape index (κ2) is 4.41. The number of rotatable bonds is 3. The van der Waals surface area contributed by atoms with E-state index in [-0.39, 0.29) is 0 Å². The Balaban J connectivity index is 1.76. The second-order valence-corrected chi connectivity index (χ2v) is 6.04. The highest BCUT2D eigenvalue weighted by Crippen LogP contribution is 2.37. The smallest absolute Gasteiger partial charge is 0.0950 e. The Morgan fingerprint density at radius 1 is 1.44 bits per heavy atom. The van der Waals surface area contributed by atoms with Crippen LogP contribution in [0.3, 0.4) is 0 Å². The van der Waals surface area contributed by atoms with Gasteiger partial charge in [-0.15, -0.1) is 0 Å². The molecule has 0 radical (unpaired) electrons.